The van der Waals surface area contributed by atoms with Crippen molar-refractivity contribution in [3.8, 4) is 5.88 Å². The Balaban J connectivity index is 2.85. The van der Waals surface area contributed by atoms with Gasteiger partial charge in [-0.2, -0.15) is 0 Å². The molecule has 1 N–H and O–H groups in total. The van der Waals surface area contributed by atoms with E-state index >= 15 is 0 Å². The number of aryl methyl sites for hydroxylation is 2. The molecule has 0 unspecified atom stereocenters. The third-order valence-electron chi connectivity index (χ3n) is 2.18. The van der Waals surface area contributed by atoms with Crippen LogP contribution >= 0.6 is 0 Å². The van der Waals surface area contributed by atoms with Crippen molar-refractivity contribution >= 4 is 5.69 Å². The monoisotopic (exact) mass is 208 g/mol. The molecule has 0 saturated carbocycles. The number of rotatable bonds is 4. The van der Waals surface area contributed by atoms with Crippen LogP contribution in [0.5, 0.6) is 5.88 Å². The van der Waals surface area contributed by atoms with Gasteiger partial charge in [0.2, 0.25) is 5.88 Å². The van der Waals surface area contributed by atoms with Gasteiger partial charge in [0.25, 0.3) is 0 Å². The van der Waals surface area contributed by atoms with Gasteiger partial charge >= 0.3 is 0 Å². The standard InChI is InChI=1S/C12H20N2O/c1-8(2)7-15-12-9(3)6-11(13-5)10(4)14-12/h6,8,13H,7H2,1-5H3. The molecular formula is C12H20N2O. The van der Waals surface area contributed by atoms with Gasteiger partial charge in [-0.05, 0) is 25.8 Å². The predicted octanol–water partition coefficient (Wildman–Crippen LogP) is 2.77. The van der Waals surface area contributed by atoms with Crippen molar-refractivity contribution in [1.29, 1.82) is 0 Å². The molecule has 0 amide bonds. The predicted molar refractivity (Wildman–Crippen MR) is 63.6 cm³/mol. The molecule has 0 spiro atoms. The van der Waals surface area contributed by atoms with E-state index < -0.39 is 0 Å². The molecule has 0 aliphatic heterocycles. The van der Waals surface area contributed by atoms with E-state index in [4.69, 9.17) is 4.74 Å². The van der Waals surface area contributed by atoms with E-state index in [0.29, 0.717) is 12.5 Å². The van der Waals surface area contributed by atoms with Gasteiger partial charge in [-0.1, -0.05) is 13.8 Å². The van der Waals surface area contributed by atoms with Crippen LogP contribution in [0, 0.1) is 19.8 Å². The molecule has 0 bridgehead atoms. The zero-order valence-corrected chi connectivity index (χ0v) is 10.2. The zero-order chi connectivity index (χ0) is 11.4. The molecule has 0 fully saturated rings. The molecule has 0 aromatic carbocycles. The number of hydrogen-bond donors (Lipinski definition) is 1. The smallest absolute Gasteiger partial charge is 0.216 e. The number of pyridine rings is 1. The highest BCUT2D eigenvalue weighted by atomic mass is 16.5. The fourth-order valence-corrected chi connectivity index (χ4v) is 1.33. The molecule has 1 aromatic rings. The summed E-state index contributed by atoms with van der Waals surface area (Å²) in [6.45, 7) is 8.97. The Morgan fingerprint density at radius 2 is 2.07 bits per heavy atom. The SMILES string of the molecule is CNc1cc(C)c(OCC(C)C)nc1C. The maximum absolute atomic E-state index is 5.64. The summed E-state index contributed by atoms with van der Waals surface area (Å²) < 4.78 is 5.64. The first-order valence-electron chi connectivity index (χ1n) is 5.33. The van der Waals surface area contributed by atoms with Crippen LogP contribution in [0.3, 0.4) is 0 Å². The van der Waals surface area contributed by atoms with Crippen LogP contribution in [0.1, 0.15) is 25.1 Å². The molecule has 3 heteroatoms. The first kappa shape index (κ1) is 11.8. The quantitative estimate of drug-likeness (QED) is 0.826. The van der Waals surface area contributed by atoms with Gasteiger partial charge in [-0.15, -0.1) is 0 Å². The molecule has 1 aromatic heterocycles. The van der Waals surface area contributed by atoms with Gasteiger partial charge in [0.1, 0.15) is 0 Å². The summed E-state index contributed by atoms with van der Waals surface area (Å²) in [5.41, 5.74) is 3.11. The third-order valence-corrected chi connectivity index (χ3v) is 2.18. The van der Waals surface area contributed by atoms with E-state index in [1.54, 1.807) is 0 Å². The van der Waals surface area contributed by atoms with Crippen LogP contribution in [0.25, 0.3) is 0 Å². The number of anilines is 1. The molecule has 15 heavy (non-hydrogen) atoms. The first-order valence-corrected chi connectivity index (χ1v) is 5.33. The van der Waals surface area contributed by atoms with Crippen LogP contribution in [-0.2, 0) is 0 Å². The third kappa shape index (κ3) is 3.11. The van der Waals surface area contributed by atoms with E-state index in [-0.39, 0.29) is 0 Å². The molecule has 84 valence electrons. The summed E-state index contributed by atoms with van der Waals surface area (Å²) in [6.07, 6.45) is 0. The topological polar surface area (TPSA) is 34.1 Å². The average molecular weight is 208 g/mol. The van der Waals surface area contributed by atoms with Gasteiger partial charge in [0, 0.05) is 12.6 Å². The number of nitrogens with one attached hydrogen (secondary N) is 1. The maximum atomic E-state index is 5.64. The zero-order valence-electron chi connectivity index (χ0n) is 10.2. The second-order valence-electron chi connectivity index (χ2n) is 4.20. The van der Waals surface area contributed by atoms with E-state index in [0.717, 1.165) is 22.8 Å². The highest BCUT2D eigenvalue weighted by Gasteiger charge is 2.06. The molecule has 0 saturated heterocycles. The molecule has 3 nitrogen and oxygen atoms in total. The number of ether oxygens (including phenoxy) is 1. The minimum absolute atomic E-state index is 0.524. The second kappa shape index (κ2) is 5.01. The Morgan fingerprint density at radius 3 is 2.60 bits per heavy atom. The number of hydrogen-bond acceptors (Lipinski definition) is 3. The molecule has 0 radical (unpaired) electrons. The van der Waals surface area contributed by atoms with Crippen molar-refractivity contribution in [3.63, 3.8) is 0 Å². The lowest BCUT2D eigenvalue weighted by molar-refractivity contribution is 0.259. The van der Waals surface area contributed by atoms with E-state index in [2.05, 4.69) is 30.2 Å². The van der Waals surface area contributed by atoms with E-state index in [1.807, 2.05) is 20.9 Å². The van der Waals surface area contributed by atoms with Gasteiger partial charge in [-0.25, -0.2) is 4.98 Å². The van der Waals surface area contributed by atoms with Crippen LogP contribution in [0.15, 0.2) is 6.07 Å². The Bertz CT molecular complexity index is 335. The Morgan fingerprint density at radius 1 is 1.40 bits per heavy atom. The summed E-state index contributed by atoms with van der Waals surface area (Å²) in [5, 5.41) is 3.11. The molecule has 1 heterocycles. The summed E-state index contributed by atoms with van der Waals surface area (Å²) in [5.74, 6) is 1.27. The average Bonchev–Trinajstić information content (AvgIpc) is 2.18. The molecule has 0 aliphatic carbocycles. The fourth-order valence-electron chi connectivity index (χ4n) is 1.33. The molecule has 1 rings (SSSR count). The minimum Gasteiger partial charge on any atom is -0.477 e. The van der Waals surface area contributed by atoms with Crippen molar-refractivity contribution < 1.29 is 4.74 Å². The minimum atomic E-state index is 0.524. The lowest BCUT2D eigenvalue weighted by atomic mass is 10.2. The summed E-state index contributed by atoms with van der Waals surface area (Å²) in [6, 6.07) is 2.07. The van der Waals surface area contributed by atoms with Crippen molar-refractivity contribution in [2.45, 2.75) is 27.7 Å². The van der Waals surface area contributed by atoms with Gasteiger partial charge < -0.3 is 10.1 Å². The highest BCUT2D eigenvalue weighted by molar-refractivity contribution is 5.51. The van der Waals surface area contributed by atoms with Crippen LogP contribution in [-0.4, -0.2) is 18.6 Å². The Kier molecular flexibility index (Phi) is 3.95. The van der Waals surface area contributed by atoms with Crippen molar-refractivity contribution in [3.05, 3.63) is 17.3 Å². The van der Waals surface area contributed by atoms with Crippen molar-refractivity contribution in [2.75, 3.05) is 19.0 Å². The summed E-state index contributed by atoms with van der Waals surface area (Å²) in [4.78, 5) is 4.43. The van der Waals surface area contributed by atoms with Crippen molar-refractivity contribution in [1.82, 2.24) is 4.98 Å². The molecular weight excluding hydrogens is 188 g/mol. The van der Waals surface area contributed by atoms with Crippen molar-refractivity contribution in [2.24, 2.45) is 5.92 Å². The lowest BCUT2D eigenvalue weighted by Gasteiger charge is -2.13. The van der Waals surface area contributed by atoms with Crippen LogP contribution in [0.2, 0.25) is 0 Å². The largest absolute Gasteiger partial charge is 0.477 e. The fraction of sp³-hybridized carbons (Fsp3) is 0.583. The first-order chi connectivity index (χ1) is 7.04. The Labute approximate surface area is 91.9 Å². The van der Waals surface area contributed by atoms with Gasteiger partial charge in [0.15, 0.2) is 0 Å². The maximum Gasteiger partial charge on any atom is 0.216 e. The number of nitrogens with zero attached hydrogens (tertiary/aromatic N) is 1. The lowest BCUT2D eigenvalue weighted by Crippen LogP contribution is -2.08. The Hall–Kier alpha value is -1.25. The highest BCUT2D eigenvalue weighted by Crippen LogP contribution is 2.22. The van der Waals surface area contributed by atoms with E-state index in [9.17, 15) is 0 Å². The molecule has 0 atom stereocenters. The van der Waals surface area contributed by atoms with Gasteiger partial charge in [0.05, 0.1) is 18.0 Å². The second-order valence-corrected chi connectivity index (χ2v) is 4.20. The summed E-state index contributed by atoms with van der Waals surface area (Å²) >= 11 is 0. The van der Waals surface area contributed by atoms with Crippen LogP contribution < -0.4 is 10.1 Å². The number of aromatic nitrogens is 1. The van der Waals surface area contributed by atoms with Crippen LogP contribution in [0.4, 0.5) is 5.69 Å². The van der Waals surface area contributed by atoms with Gasteiger partial charge in [-0.3, -0.25) is 0 Å². The summed E-state index contributed by atoms with van der Waals surface area (Å²) in [7, 11) is 1.90. The normalized spacial score (nSPS) is 10.5. The molecule has 0 aliphatic rings. The van der Waals surface area contributed by atoms with E-state index in [1.165, 1.54) is 0 Å².